The molecule has 102 valence electrons. The van der Waals surface area contributed by atoms with Crippen molar-refractivity contribution in [2.24, 2.45) is 0 Å². The molecule has 0 aliphatic heterocycles. The Kier molecular flexibility index (Phi) is 5.61. The molecule has 0 radical (unpaired) electrons. The van der Waals surface area contributed by atoms with Crippen molar-refractivity contribution >= 4 is 5.69 Å². The minimum absolute atomic E-state index is 0.119. The summed E-state index contributed by atoms with van der Waals surface area (Å²) in [5.74, 6) is 0.521. The third-order valence-corrected chi connectivity index (χ3v) is 2.42. The molecule has 6 heteroatoms. The van der Waals surface area contributed by atoms with Crippen molar-refractivity contribution in [3.05, 3.63) is 27.8 Å². The molecule has 0 unspecified atom stereocenters. The zero-order valence-electron chi connectivity index (χ0n) is 11.0. The SMILES string of the molecule is CCCCOc1c(C#N)cc([N+](=O)[O-])cc1OCC. The van der Waals surface area contributed by atoms with Crippen LogP contribution in [-0.2, 0) is 0 Å². The van der Waals surface area contributed by atoms with Gasteiger partial charge in [0.2, 0.25) is 0 Å². The van der Waals surface area contributed by atoms with E-state index in [1.165, 1.54) is 12.1 Å². The van der Waals surface area contributed by atoms with Crippen LogP contribution in [0.1, 0.15) is 32.3 Å². The Bertz CT molecular complexity index is 494. The molecule has 0 N–H and O–H groups in total. The predicted octanol–water partition coefficient (Wildman–Crippen LogP) is 3.04. The molecule has 0 heterocycles. The topological polar surface area (TPSA) is 85.4 Å². The first kappa shape index (κ1) is 14.8. The highest BCUT2D eigenvalue weighted by Gasteiger charge is 2.18. The van der Waals surface area contributed by atoms with Gasteiger partial charge in [0.15, 0.2) is 11.5 Å². The number of hydrogen-bond acceptors (Lipinski definition) is 5. The molecule has 0 aliphatic carbocycles. The molecule has 0 atom stereocenters. The standard InChI is InChI=1S/C13H16N2O4/c1-3-5-6-19-13-10(9-14)7-11(15(16)17)8-12(13)18-4-2/h7-8H,3-6H2,1-2H3. The molecule has 19 heavy (non-hydrogen) atoms. The molecule has 0 fully saturated rings. The first-order valence-corrected chi connectivity index (χ1v) is 6.12. The number of benzene rings is 1. The fourth-order valence-corrected chi connectivity index (χ4v) is 1.51. The molecule has 1 aromatic rings. The Balaban J connectivity index is 3.17. The van der Waals surface area contributed by atoms with Crippen LogP contribution >= 0.6 is 0 Å². The quantitative estimate of drug-likeness (QED) is 0.429. The number of nitrogens with zero attached hydrogens (tertiary/aromatic N) is 2. The zero-order valence-corrected chi connectivity index (χ0v) is 11.0. The third-order valence-electron chi connectivity index (χ3n) is 2.42. The lowest BCUT2D eigenvalue weighted by molar-refractivity contribution is -0.385. The van der Waals surface area contributed by atoms with Gasteiger partial charge < -0.3 is 9.47 Å². The summed E-state index contributed by atoms with van der Waals surface area (Å²) in [6.07, 6.45) is 1.80. The first-order chi connectivity index (χ1) is 9.13. The molecule has 0 aromatic heterocycles. The van der Waals surface area contributed by atoms with Crippen molar-refractivity contribution in [3.63, 3.8) is 0 Å². The number of non-ortho nitro benzene ring substituents is 1. The van der Waals surface area contributed by atoms with Gasteiger partial charge in [0.1, 0.15) is 11.6 Å². The molecule has 0 saturated carbocycles. The van der Waals surface area contributed by atoms with Gasteiger partial charge in [0.05, 0.1) is 24.2 Å². The Labute approximate surface area is 111 Å². The van der Waals surface area contributed by atoms with E-state index in [4.69, 9.17) is 14.7 Å². The molecule has 0 amide bonds. The van der Waals surface area contributed by atoms with Crippen LogP contribution in [0.2, 0.25) is 0 Å². The molecular weight excluding hydrogens is 248 g/mol. The van der Waals surface area contributed by atoms with Gasteiger partial charge in [-0.1, -0.05) is 13.3 Å². The van der Waals surface area contributed by atoms with Crippen LogP contribution in [0.15, 0.2) is 12.1 Å². The summed E-state index contributed by atoms with van der Waals surface area (Å²) in [4.78, 5) is 10.2. The van der Waals surface area contributed by atoms with Gasteiger partial charge in [-0.15, -0.1) is 0 Å². The average molecular weight is 264 g/mol. The van der Waals surface area contributed by atoms with Crippen LogP contribution in [-0.4, -0.2) is 18.1 Å². The minimum Gasteiger partial charge on any atom is -0.490 e. The smallest absolute Gasteiger partial charge is 0.274 e. The van der Waals surface area contributed by atoms with E-state index in [9.17, 15) is 10.1 Å². The van der Waals surface area contributed by atoms with Crippen molar-refractivity contribution in [1.82, 2.24) is 0 Å². The van der Waals surface area contributed by atoms with Crippen LogP contribution in [0.3, 0.4) is 0 Å². The Hall–Kier alpha value is -2.29. The Morgan fingerprint density at radius 3 is 2.63 bits per heavy atom. The van der Waals surface area contributed by atoms with Gasteiger partial charge in [0, 0.05) is 6.07 Å². The summed E-state index contributed by atoms with van der Waals surface area (Å²) in [5, 5.41) is 19.9. The van der Waals surface area contributed by atoms with Crippen molar-refractivity contribution in [1.29, 1.82) is 5.26 Å². The fraction of sp³-hybridized carbons (Fsp3) is 0.462. The largest absolute Gasteiger partial charge is 0.490 e. The second-order valence-corrected chi connectivity index (χ2v) is 3.82. The van der Waals surface area contributed by atoms with E-state index < -0.39 is 4.92 Å². The number of nitro groups is 1. The normalized spacial score (nSPS) is 9.74. The number of ether oxygens (including phenoxy) is 2. The van der Waals surface area contributed by atoms with Crippen LogP contribution in [0.25, 0.3) is 0 Å². The van der Waals surface area contributed by atoms with Crippen LogP contribution < -0.4 is 9.47 Å². The van der Waals surface area contributed by atoms with Gasteiger partial charge in [-0.2, -0.15) is 5.26 Å². The van der Waals surface area contributed by atoms with Crippen molar-refractivity contribution in [3.8, 4) is 17.6 Å². The number of nitro benzene ring substituents is 1. The summed E-state index contributed by atoms with van der Waals surface area (Å²) in [5.41, 5.74) is -0.0587. The Morgan fingerprint density at radius 1 is 1.37 bits per heavy atom. The van der Waals surface area contributed by atoms with E-state index in [2.05, 4.69) is 0 Å². The maximum absolute atomic E-state index is 10.8. The summed E-state index contributed by atoms with van der Waals surface area (Å²) in [6, 6.07) is 4.39. The van der Waals surface area contributed by atoms with Gasteiger partial charge in [-0.25, -0.2) is 0 Å². The lowest BCUT2D eigenvalue weighted by Crippen LogP contribution is -2.03. The highest BCUT2D eigenvalue weighted by atomic mass is 16.6. The van der Waals surface area contributed by atoms with Gasteiger partial charge in [-0.3, -0.25) is 10.1 Å². The maximum Gasteiger partial charge on any atom is 0.274 e. The van der Waals surface area contributed by atoms with Crippen LogP contribution in [0.4, 0.5) is 5.69 Å². The lowest BCUT2D eigenvalue weighted by Gasteiger charge is -2.12. The van der Waals surface area contributed by atoms with E-state index in [0.717, 1.165) is 12.8 Å². The molecule has 0 spiro atoms. The minimum atomic E-state index is -0.556. The van der Waals surface area contributed by atoms with E-state index in [-0.39, 0.29) is 22.7 Å². The summed E-state index contributed by atoms with van der Waals surface area (Å²) >= 11 is 0. The highest BCUT2D eigenvalue weighted by Crippen LogP contribution is 2.35. The van der Waals surface area contributed by atoms with E-state index >= 15 is 0 Å². The van der Waals surface area contributed by atoms with Gasteiger partial charge in [-0.05, 0) is 13.3 Å². The van der Waals surface area contributed by atoms with Crippen molar-refractivity contribution in [2.45, 2.75) is 26.7 Å². The summed E-state index contributed by atoms with van der Waals surface area (Å²) in [6.45, 7) is 4.58. The molecule has 6 nitrogen and oxygen atoms in total. The second-order valence-electron chi connectivity index (χ2n) is 3.82. The maximum atomic E-state index is 10.8. The van der Waals surface area contributed by atoms with Gasteiger partial charge >= 0.3 is 0 Å². The number of rotatable bonds is 7. The first-order valence-electron chi connectivity index (χ1n) is 6.12. The monoisotopic (exact) mass is 264 g/mol. The summed E-state index contributed by atoms with van der Waals surface area (Å²) in [7, 11) is 0. The fourth-order valence-electron chi connectivity index (χ4n) is 1.51. The molecule has 0 saturated heterocycles. The van der Waals surface area contributed by atoms with Crippen molar-refractivity contribution < 1.29 is 14.4 Å². The Morgan fingerprint density at radius 2 is 2.11 bits per heavy atom. The lowest BCUT2D eigenvalue weighted by atomic mass is 10.1. The second kappa shape index (κ2) is 7.21. The van der Waals surface area contributed by atoms with Gasteiger partial charge in [0.25, 0.3) is 5.69 Å². The summed E-state index contributed by atoms with van der Waals surface area (Å²) < 4.78 is 10.8. The number of unbranched alkanes of at least 4 members (excludes halogenated alkanes) is 1. The van der Waals surface area contributed by atoms with E-state index in [1.807, 2.05) is 13.0 Å². The highest BCUT2D eigenvalue weighted by molar-refractivity contribution is 5.58. The van der Waals surface area contributed by atoms with E-state index in [1.54, 1.807) is 6.92 Å². The molecule has 0 bridgehead atoms. The molecule has 1 rings (SSSR count). The molecular formula is C13H16N2O4. The number of hydrogen-bond donors (Lipinski definition) is 0. The van der Waals surface area contributed by atoms with Crippen molar-refractivity contribution in [2.75, 3.05) is 13.2 Å². The molecule has 1 aromatic carbocycles. The average Bonchev–Trinajstić information content (AvgIpc) is 2.40. The van der Waals surface area contributed by atoms with E-state index in [0.29, 0.717) is 13.2 Å². The predicted molar refractivity (Wildman–Crippen MR) is 69.4 cm³/mol. The molecule has 0 aliphatic rings. The third kappa shape index (κ3) is 3.85. The zero-order chi connectivity index (χ0) is 14.3. The van der Waals surface area contributed by atoms with Crippen LogP contribution in [0.5, 0.6) is 11.5 Å². The van der Waals surface area contributed by atoms with Crippen LogP contribution in [0, 0.1) is 21.4 Å². The number of nitriles is 1.